The van der Waals surface area contributed by atoms with Crippen molar-refractivity contribution >= 4 is 21.9 Å². The van der Waals surface area contributed by atoms with Crippen LogP contribution in [0.2, 0.25) is 0 Å². The third-order valence-corrected chi connectivity index (χ3v) is 4.64. The van der Waals surface area contributed by atoms with Gasteiger partial charge < -0.3 is 24.9 Å². The lowest BCUT2D eigenvalue weighted by Crippen LogP contribution is -2.35. The van der Waals surface area contributed by atoms with Gasteiger partial charge >= 0.3 is 0 Å². The van der Waals surface area contributed by atoms with Crippen molar-refractivity contribution in [3.63, 3.8) is 0 Å². The van der Waals surface area contributed by atoms with E-state index < -0.39 is 12.2 Å². The molecular weight excluding hydrogens is 404 g/mol. The summed E-state index contributed by atoms with van der Waals surface area (Å²) in [5, 5.41) is 30.7. The lowest BCUT2D eigenvalue weighted by molar-refractivity contribution is 0.0641. The van der Waals surface area contributed by atoms with Crippen molar-refractivity contribution < 1.29 is 24.9 Å². The summed E-state index contributed by atoms with van der Waals surface area (Å²) in [6.45, 7) is 0.469. The molecule has 2 aliphatic heterocycles. The number of fused-ring (bicyclic) bond motifs is 2. The van der Waals surface area contributed by atoms with E-state index in [0.717, 1.165) is 11.3 Å². The summed E-state index contributed by atoms with van der Waals surface area (Å²) in [6, 6.07) is 14.7. The minimum Gasteiger partial charge on any atom is -0.490 e. The molecule has 0 bridgehead atoms. The highest BCUT2D eigenvalue weighted by Crippen LogP contribution is 2.32. The lowest BCUT2D eigenvalue weighted by atomic mass is 9.99. The van der Waals surface area contributed by atoms with E-state index in [-0.39, 0.29) is 18.4 Å². The van der Waals surface area contributed by atoms with Crippen LogP contribution in [-0.4, -0.2) is 46.6 Å². The van der Waals surface area contributed by atoms with Gasteiger partial charge in [0.1, 0.15) is 42.6 Å². The van der Waals surface area contributed by atoms with Crippen LogP contribution in [0.4, 0.5) is 0 Å². The number of rotatable bonds is 1. The first-order valence-corrected chi connectivity index (χ1v) is 8.83. The van der Waals surface area contributed by atoms with Gasteiger partial charge in [0.25, 0.3) is 0 Å². The first-order chi connectivity index (χ1) is 12.7. The highest BCUT2D eigenvalue weighted by molar-refractivity contribution is 9.08. The van der Waals surface area contributed by atoms with Crippen molar-refractivity contribution in [3.8, 4) is 11.5 Å². The van der Waals surface area contributed by atoms with E-state index in [1.54, 1.807) is 18.2 Å². The smallest absolute Gasteiger partial charge is 0.134 e. The Kier molecular flexibility index (Phi) is 6.10. The lowest BCUT2D eigenvalue weighted by Gasteiger charge is -2.29. The van der Waals surface area contributed by atoms with Crippen molar-refractivity contribution in [3.05, 3.63) is 59.7 Å². The van der Waals surface area contributed by atoms with Crippen LogP contribution in [0.3, 0.4) is 0 Å². The molecule has 3 atom stereocenters. The molecule has 0 unspecified atom stereocenters. The fourth-order valence-corrected chi connectivity index (χ4v) is 3.38. The van der Waals surface area contributed by atoms with Gasteiger partial charge in [-0.15, -0.1) is 0 Å². The monoisotopic (exact) mass is 422 g/mol. The van der Waals surface area contributed by atoms with Gasteiger partial charge in [-0.1, -0.05) is 35.5 Å². The summed E-state index contributed by atoms with van der Waals surface area (Å²) in [7, 11) is 0. The largest absolute Gasteiger partial charge is 0.490 e. The van der Waals surface area contributed by atoms with Crippen LogP contribution in [0.25, 0.3) is 0 Å². The van der Waals surface area contributed by atoms with Gasteiger partial charge in [-0.3, -0.25) is 0 Å². The Balaban J connectivity index is 0.000000151. The molecular formula is C18H19BrN2O5. The molecule has 8 heteroatoms. The second kappa shape index (κ2) is 8.50. The molecule has 0 aliphatic carbocycles. The summed E-state index contributed by atoms with van der Waals surface area (Å²) in [5.41, 5.74) is 1.89. The SMILES string of the molecule is ON=C1c2ccccc2OC[C@H]1O.O[C@@H]1COc2ccccc2[C@@H]1NBr. The van der Waals surface area contributed by atoms with Crippen molar-refractivity contribution in [2.45, 2.75) is 18.2 Å². The first kappa shape index (κ1) is 18.7. The van der Waals surface area contributed by atoms with Crippen LogP contribution in [0.5, 0.6) is 11.5 Å². The Morgan fingerprint density at radius 1 is 0.962 bits per heavy atom. The van der Waals surface area contributed by atoms with E-state index in [0.29, 0.717) is 17.9 Å². The predicted octanol–water partition coefficient (Wildman–Crippen LogP) is 2.00. The van der Waals surface area contributed by atoms with Gasteiger partial charge in [0.2, 0.25) is 0 Å². The van der Waals surface area contributed by atoms with Gasteiger partial charge in [0.05, 0.1) is 6.04 Å². The summed E-state index contributed by atoms with van der Waals surface area (Å²) in [5.74, 6) is 1.48. The van der Waals surface area contributed by atoms with Gasteiger partial charge in [0.15, 0.2) is 0 Å². The van der Waals surface area contributed by atoms with Crippen LogP contribution < -0.4 is 13.8 Å². The number of oxime groups is 1. The molecule has 0 aromatic heterocycles. The molecule has 4 N–H and O–H groups in total. The summed E-state index contributed by atoms with van der Waals surface area (Å²) in [4.78, 5) is 0. The molecule has 0 amide bonds. The zero-order valence-corrected chi connectivity index (χ0v) is 15.3. The van der Waals surface area contributed by atoms with E-state index in [1.807, 2.05) is 30.3 Å². The zero-order chi connectivity index (χ0) is 18.5. The third kappa shape index (κ3) is 3.83. The number of hydrogen-bond donors (Lipinski definition) is 4. The highest BCUT2D eigenvalue weighted by atomic mass is 79.9. The second-order valence-corrected chi connectivity index (χ2v) is 6.27. The molecule has 2 aromatic rings. The summed E-state index contributed by atoms with van der Waals surface area (Å²) >= 11 is 3.16. The number of benzene rings is 2. The molecule has 0 saturated carbocycles. The Hall–Kier alpha value is -2.13. The molecule has 7 nitrogen and oxygen atoms in total. The van der Waals surface area contributed by atoms with E-state index in [2.05, 4.69) is 25.6 Å². The minimum absolute atomic E-state index is 0.0926. The van der Waals surface area contributed by atoms with E-state index in [1.165, 1.54) is 0 Å². The summed E-state index contributed by atoms with van der Waals surface area (Å²) in [6.07, 6.45) is -1.35. The number of ether oxygens (including phenoxy) is 2. The standard InChI is InChI=1S/C9H10BrNO2.C9H9NO3/c10-11-9-6-3-1-2-4-8(6)13-5-7(9)12;11-7-5-13-8-4-2-1-3-6(8)9(7)10-12/h1-4,7,9,11-12H,5H2;1-4,7,11-12H,5H2/t7-,9+;7-/m11/s1. The molecule has 26 heavy (non-hydrogen) atoms. The number of halogens is 1. The fourth-order valence-electron chi connectivity index (χ4n) is 2.83. The molecule has 0 radical (unpaired) electrons. The van der Waals surface area contributed by atoms with E-state index in [4.69, 9.17) is 14.7 Å². The summed E-state index contributed by atoms with van der Waals surface area (Å²) < 4.78 is 13.5. The Bertz CT molecular complexity index is 786. The number of aliphatic hydroxyl groups is 2. The normalized spacial score (nSPS) is 25.0. The average molecular weight is 423 g/mol. The van der Waals surface area contributed by atoms with Crippen molar-refractivity contribution in [1.82, 2.24) is 4.34 Å². The average Bonchev–Trinajstić information content (AvgIpc) is 2.68. The van der Waals surface area contributed by atoms with Crippen LogP contribution in [0.1, 0.15) is 17.2 Å². The van der Waals surface area contributed by atoms with Gasteiger partial charge in [-0.2, -0.15) is 0 Å². The third-order valence-electron chi connectivity index (χ3n) is 4.15. The number of nitrogens with one attached hydrogen (secondary N) is 1. The van der Waals surface area contributed by atoms with Crippen molar-refractivity contribution in [1.29, 1.82) is 0 Å². The molecule has 4 rings (SSSR count). The molecule has 2 aliphatic rings. The Morgan fingerprint density at radius 2 is 1.62 bits per heavy atom. The van der Waals surface area contributed by atoms with E-state index >= 15 is 0 Å². The highest BCUT2D eigenvalue weighted by Gasteiger charge is 2.28. The number of nitrogens with zero attached hydrogens (tertiary/aromatic N) is 1. The maximum absolute atomic E-state index is 9.60. The van der Waals surface area contributed by atoms with Crippen LogP contribution in [-0.2, 0) is 0 Å². The fraction of sp³-hybridized carbons (Fsp3) is 0.278. The van der Waals surface area contributed by atoms with Gasteiger partial charge in [-0.05, 0) is 18.2 Å². The molecule has 0 saturated heterocycles. The first-order valence-electron chi connectivity index (χ1n) is 8.04. The molecule has 2 heterocycles. The van der Waals surface area contributed by atoms with E-state index in [9.17, 15) is 10.2 Å². The number of hydrogen-bond acceptors (Lipinski definition) is 7. The topological polar surface area (TPSA) is 104 Å². The van der Waals surface area contributed by atoms with Gasteiger partial charge in [0, 0.05) is 27.3 Å². The van der Waals surface area contributed by atoms with Gasteiger partial charge in [-0.25, -0.2) is 4.34 Å². The maximum atomic E-state index is 9.60. The Morgan fingerprint density at radius 3 is 2.35 bits per heavy atom. The molecule has 138 valence electrons. The van der Waals surface area contributed by atoms with Crippen LogP contribution >= 0.6 is 16.1 Å². The minimum atomic E-state index is -0.847. The van der Waals surface area contributed by atoms with Crippen LogP contribution in [0, 0.1) is 0 Å². The molecule has 0 fully saturated rings. The van der Waals surface area contributed by atoms with Crippen molar-refractivity contribution in [2.75, 3.05) is 13.2 Å². The molecule has 0 spiro atoms. The van der Waals surface area contributed by atoms with Crippen LogP contribution in [0.15, 0.2) is 53.7 Å². The van der Waals surface area contributed by atoms with Crippen molar-refractivity contribution in [2.24, 2.45) is 5.16 Å². The molecule has 2 aromatic carbocycles. The quantitative estimate of drug-likeness (QED) is 0.318. The maximum Gasteiger partial charge on any atom is 0.134 e. The number of para-hydroxylation sites is 2. The Labute approximate surface area is 159 Å². The second-order valence-electron chi connectivity index (χ2n) is 5.81. The zero-order valence-electron chi connectivity index (χ0n) is 13.7. The number of aliphatic hydroxyl groups excluding tert-OH is 2. The predicted molar refractivity (Wildman–Crippen MR) is 99.0 cm³/mol.